The number of carboxylic acids is 2. The van der Waals surface area contributed by atoms with Gasteiger partial charge in [0.1, 0.15) is 13.5 Å². The standard InChI is InChI=1S/C35H50N2O9/c1-6-29(27-14-10-8-11-15-27)31(25(4)34(40)41)33(39)36-21-44-18-19-45-23-46-20-24(3)37(22-38)32(26(5)35(42)43)30(7-2)28-16-12-9-13-17-28/h8-17,22,24-26,29-32H,6-7,18-21,23H2,1-5H3,(H,36,39)(H,40,41)(H,42,43). The molecule has 2 aromatic carbocycles. The number of carbonyl (C=O) groups is 4. The van der Waals surface area contributed by atoms with Crippen LogP contribution in [0.1, 0.15) is 70.4 Å². The van der Waals surface area contributed by atoms with Gasteiger partial charge >= 0.3 is 11.9 Å². The van der Waals surface area contributed by atoms with E-state index in [0.29, 0.717) is 19.3 Å². The maximum atomic E-state index is 13.1. The molecule has 0 heterocycles. The summed E-state index contributed by atoms with van der Waals surface area (Å²) in [6.45, 7) is 9.15. The van der Waals surface area contributed by atoms with Crippen LogP contribution in [0.15, 0.2) is 60.7 Å². The lowest BCUT2D eigenvalue weighted by Gasteiger charge is -2.40. The summed E-state index contributed by atoms with van der Waals surface area (Å²) in [5.41, 5.74) is 1.88. The van der Waals surface area contributed by atoms with Gasteiger partial charge in [0.05, 0.1) is 49.7 Å². The molecule has 0 aliphatic heterocycles. The molecule has 0 saturated heterocycles. The van der Waals surface area contributed by atoms with Crippen molar-refractivity contribution in [1.29, 1.82) is 0 Å². The van der Waals surface area contributed by atoms with Crippen molar-refractivity contribution < 1.29 is 43.6 Å². The van der Waals surface area contributed by atoms with Crippen molar-refractivity contribution in [1.82, 2.24) is 10.2 Å². The number of hydrogen-bond acceptors (Lipinski definition) is 7. The van der Waals surface area contributed by atoms with E-state index in [1.165, 1.54) is 4.90 Å². The monoisotopic (exact) mass is 642 g/mol. The third-order valence-electron chi connectivity index (χ3n) is 8.53. The molecule has 254 valence electrons. The summed E-state index contributed by atoms with van der Waals surface area (Å²) < 4.78 is 16.6. The second-order valence-corrected chi connectivity index (χ2v) is 11.5. The summed E-state index contributed by atoms with van der Waals surface area (Å²) in [6.07, 6.45) is 1.94. The lowest BCUT2D eigenvalue weighted by atomic mass is 9.76. The van der Waals surface area contributed by atoms with E-state index in [1.807, 2.05) is 74.5 Å². The van der Waals surface area contributed by atoms with E-state index < -0.39 is 47.7 Å². The number of benzene rings is 2. The number of hydrogen-bond donors (Lipinski definition) is 3. The molecule has 46 heavy (non-hydrogen) atoms. The molecular weight excluding hydrogens is 592 g/mol. The van der Waals surface area contributed by atoms with Crippen molar-refractivity contribution in [3.05, 3.63) is 71.8 Å². The van der Waals surface area contributed by atoms with Gasteiger partial charge in [-0.15, -0.1) is 0 Å². The maximum Gasteiger partial charge on any atom is 0.308 e. The van der Waals surface area contributed by atoms with Gasteiger partial charge in [0.15, 0.2) is 0 Å². The Morgan fingerprint density at radius 1 is 0.783 bits per heavy atom. The number of aliphatic carboxylic acids is 2. The van der Waals surface area contributed by atoms with Crippen LogP contribution in [-0.4, -0.2) is 84.8 Å². The Morgan fingerprint density at radius 3 is 1.80 bits per heavy atom. The van der Waals surface area contributed by atoms with E-state index in [1.54, 1.807) is 20.8 Å². The van der Waals surface area contributed by atoms with E-state index in [-0.39, 0.29) is 45.2 Å². The first-order valence-electron chi connectivity index (χ1n) is 15.9. The Bertz CT molecular complexity index is 1200. The van der Waals surface area contributed by atoms with Crippen LogP contribution in [0, 0.1) is 17.8 Å². The maximum absolute atomic E-state index is 13.1. The molecule has 7 unspecified atom stereocenters. The quantitative estimate of drug-likeness (QED) is 0.0888. The molecule has 11 nitrogen and oxygen atoms in total. The van der Waals surface area contributed by atoms with Crippen LogP contribution >= 0.6 is 0 Å². The van der Waals surface area contributed by atoms with Gasteiger partial charge in [-0.1, -0.05) is 81.4 Å². The Balaban J connectivity index is 1.83. The van der Waals surface area contributed by atoms with Crippen LogP contribution in [0.25, 0.3) is 0 Å². The van der Waals surface area contributed by atoms with Crippen LogP contribution in [-0.2, 0) is 33.4 Å². The number of carbonyl (C=O) groups excluding carboxylic acids is 2. The van der Waals surface area contributed by atoms with Crippen LogP contribution in [0.5, 0.6) is 0 Å². The average molecular weight is 643 g/mol. The van der Waals surface area contributed by atoms with Crippen molar-refractivity contribution in [2.45, 2.75) is 71.4 Å². The highest BCUT2D eigenvalue weighted by molar-refractivity contribution is 5.85. The Hall–Kier alpha value is -3.80. The molecule has 2 aromatic rings. The molecule has 0 bridgehead atoms. The molecule has 0 radical (unpaired) electrons. The molecule has 11 heteroatoms. The topological polar surface area (TPSA) is 152 Å². The molecule has 0 saturated carbocycles. The number of nitrogens with zero attached hydrogens (tertiary/aromatic N) is 1. The fraction of sp³-hybridized carbons (Fsp3) is 0.543. The Kier molecular flexibility index (Phi) is 17.0. The van der Waals surface area contributed by atoms with E-state index in [9.17, 15) is 29.4 Å². The van der Waals surface area contributed by atoms with Crippen molar-refractivity contribution >= 4 is 24.3 Å². The molecule has 0 aliphatic rings. The summed E-state index contributed by atoms with van der Waals surface area (Å²) in [5.74, 6) is -5.32. The third-order valence-corrected chi connectivity index (χ3v) is 8.53. The van der Waals surface area contributed by atoms with Gasteiger partial charge in [-0.05, 0) is 43.7 Å². The van der Waals surface area contributed by atoms with Crippen molar-refractivity contribution in [3.8, 4) is 0 Å². The van der Waals surface area contributed by atoms with Crippen molar-refractivity contribution in [3.63, 3.8) is 0 Å². The van der Waals surface area contributed by atoms with Gasteiger partial charge in [0.2, 0.25) is 12.3 Å². The molecule has 0 spiro atoms. The highest BCUT2D eigenvalue weighted by Gasteiger charge is 2.38. The zero-order valence-electron chi connectivity index (χ0n) is 27.5. The summed E-state index contributed by atoms with van der Waals surface area (Å²) >= 11 is 0. The first kappa shape index (κ1) is 38.4. The molecule has 3 N–H and O–H groups in total. The number of carboxylic acid groups (broad SMARTS) is 2. The lowest BCUT2D eigenvalue weighted by molar-refractivity contribution is -0.148. The number of amides is 2. The minimum absolute atomic E-state index is 0.0742. The van der Waals surface area contributed by atoms with E-state index in [2.05, 4.69) is 5.32 Å². The van der Waals surface area contributed by atoms with Gasteiger partial charge in [-0.25, -0.2) is 0 Å². The highest BCUT2D eigenvalue weighted by atomic mass is 16.7. The molecule has 2 amide bonds. The normalized spacial score (nSPS) is 15.8. The summed E-state index contributed by atoms with van der Waals surface area (Å²) in [4.78, 5) is 50.7. The Labute approximate surface area is 272 Å². The first-order valence-corrected chi connectivity index (χ1v) is 15.9. The van der Waals surface area contributed by atoms with E-state index in [0.717, 1.165) is 11.1 Å². The lowest BCUT2D eigenvalue weighted by Crippen LogP contribution is -2.51. The molecule has 7 atom stereocenters. The minimum Gasteiger partial charge on any atom is -0.481 e. The zero-order valence-corrected chi connectivity index (χ0v) is 27.5. The van der Waals surface area contributed by atoms with Gasteiger partial charge in [0.25, 0.3) is 0 Å². The van der Waals surface area contributed by atoms with Crippen LogP contribution in [0.3, 0.4) is 0 Å². The number of ether oxygens (including phenoxy) is 3. The largest absolute Gasteiger partial charge is 0.481 e. The van der Waals surface area contributed by atoms with Gasteiger partial charge in [-0.3, -0.25) is 19.2 Å². The second kappa shape index (κ2) is 20.3. The third kappa shape index (κ3) is 11.2. The number of rotatable bonds is 23. The second-order valence-electron chi connectivity index (χ2n) is 11.5. The predicted octanol–water partition coefficient (Wildman–Crippen LogP) is 4.73. The number of nitrogens with one attached hydrogen (secondary N) is 1. The smallest absolute Gasteiger partial charge is 0.308 e. The fourth-order valence-corrected chi connectivity index (χ4v) is 5.96. The zero-order chi connectivity index (χ0) is 34.1. The SMILES string of the molecule is CCC(c1ccccc1)C(C(=O)NCOCCOCOCC(C)N(C=O)C(C(C)C(=O)O)C(CC)c1ccccc1)C(C)C(=O)O. The molecule has 2 rings (SSSR count). The van der Waals surface area contributed by atoms with Crippen LogP contribution < -0.4 is 5.32 Å². The fourth-order valence-electron chi connectivity index (χ4n) is 5.96. The van der Waals surface area contributed by atoms with Crippen LogP contribution in [0.4, 0.5) is 0 Å². The molecule has 0 fully saturated rings. The average Bonchev–Trinajstić information content (AvgIpc) is 3.06. The van der Waals surface area contributed by atoms with Crippen molar-refractivity contribution in [2.75, 3.05) is 33.3 Å². The van der Waals surface area contributed by atoms with Gasteiger partial charge in [0, 0.05) is 5.92 Å². The predicted molar refractivity (Wildman–Crippen MR) is 173 cm³/mol. The summed E-state index contributed by atoms with van der Waals surface area (Å²) in [6, 6.07) is 18.0. The van der Waals surface area contributed by atoms with Crippen molar-refractivity contribution in [2.24, 2.45) is 17.8 Å². The summed E-state index contributed by atoms with van der Waals surface area (Å²) in [7, 11) is 0. The first-order chi connectivity index (χ1) is 22.1. The van der Waals surface area contributed by atoms with E-state index >= 15 is 0 Å². The van der Waals surface area contributed by atoms with E-state index in [4.69, 9.17) is 14.2 Å². The van der Waals surface area contributed by atoms with Gasteiger partial charge < -0.3 is 34.6 Å². The molecule has 0 aromatic heterocycles. The summed E-state index contributed by atoms with van der Waals surface area (Å²) in [5, 5.41) is 22.2. The van der Waals surface area contributed by atoms with Crippen LogP contribution in [0.2, 0.25) is 0 Å². The molecule has 0 aliphatic carbocycles. The Morgan fingerprint density at radius 2 is 1.30 bits per heavy atom. The molecular formula is C35H50N2O9. The highest BCUT2D eigenvalue weighted by Crippen LogP contribution is 2.34. The van der Waals surface area contributed by atoms with Gasteiger partial charge in [-0.2, -0.15) is 0 Å². The minimum atomic E-state index is -1.04.